The first-order chi connectivity index (χ1) is 12.5. The van der Waals surface area contributed by atoms with Crippen molar-refractivity contribution in [2.45, 2.75) is 12.8 Å². The standard InChI is InChI=1S/C19H18O7/c20-7-1-2-8-25-12-4-3-11(15(22)10-12)9-16-17(23)13-5-6-14(21)18(24)19(13)26-16/h3-6,9-10,20-22,24H,1-2,7-8H2/b16-9+. The highest BCUT2D eigenvalue weighted by Crippen LogP contribution is 2.44. The van der Waals surface area contributed by atoms with Gasteiger partial charge in [0.25, 0.3) is 0 Å². The minimum absolute atomic E-state index is 0.0761. The third kappa shape index (κ3) is 3.43. The minimum atomic E-state index is -0.505. The molecule has 0 radical (unpaired) electrons. The number of allylic oxidation sites excluding steroid dienone is 1. The number of benzene rings is 2. The average molecular weight is 358 g/mol. The molecule has 4 N–H and O–H groups in total. The SMILES string of the molecule is O=C1/C(=C\c2ccc(OCCCCO)cc2O)Oc2c1ccc(O)c2O. The zero-order valence-electron chi connectivity index (χ0n) is 13.8. The van der Waals surface area contributed by atoms with Crippen LogP contribution in [0.4, 0.5) is 0 Å². The monoisotopic (exact) mass is 358 g/mol. The molecular formula is C19H18O7. The van der Waals surface area contributed by atoms with Crippen molar-refractivity contribution in [2.24, 2.45) is 0 Å². The number of carbonyl (C=O) groups excluding carboxylic acids is 1. The topological polar surface area (TPSA) is 116 Å². The number of carbonyl (C=O) groups is 1. The summed E-state index contributed by atoms with van der Waals surface area (Å²) >= 11 is 0. The van der Waals surface area contributed by atoms with Gasteiger partial charge in [0.15, 0.2) is 17.3 Å². The third-order valence-corrected chi connectivity index (χ3v) is 3.90. The molecule has 1 aliphatic rings. The molecule has 7 nitrogen and oxygen atoms in total. The van der Waals surface area contributed by atoms with E-state index in [9.17, 15) is 20.1 Å². The summed E-state index contributed by atoms with van der Waals surface area (Å²) in [6.45, 7) is 0.519. The number of Topliss-reactive ketones (excluding diaryl/α,β-unsaturated/α-hetero) is 1. The molecule has 7 heteroatoms. The summed E-state index contributed by atoms with van der Waals surface area (Å²) < 4.78 is 10.8. The van der Waals surface area contributed by atoms with E-state index >= 15 is 0 Å². The van der Waals surface area contributed by atoms with Gasteiger partial charge in [0.1, 0.15) is 11.5 Å². The van der Waals surface area contributed by atoms with Gasteiger partial charge in [0, 0.05) is 18.2 Å². The number of phenolic OH excluding ortho intramolecular Hbond substituents is 3. The number of aliphatic hydroxyl groups is 1. The lowest BCUT2D eigenvalue weighted by Crippen LogP contribution is -1.99. The molecule has 136 valence electrons. The second-order valence-corrected chi connectivity index (χ2v) is 5.75. The fourth-order valence-electron chi connectivity index (χ4n) is 2.51. The number of ether oxygens (including phenoxy) is 2. The van der Waals surface area contributed by atoms with E-state index in [0.717, 1.165) is 0 Å². The number of ketones is 1. The van der Waals surface area contributed by atoms with Crippen LogP contribution in [0.1, 0.15) is 28.8 Å². The molecule has 0 aliphatic carbocycles. The summed E-state index contributed by atoms with van der Waals surface area (Å²) in [4.78, 5) is 12.3. The van der Waals surface area contributed by atoms with Gasteiger partial charge in [0.05, 0.1) is 12.2 Å². The Bertz CT molecular complexity index is 870. The Morgan fingerprint density at radius 2 is 1.85 bits per heavy atom. The van der Waals surface area contributed by atoms with Gasteiger partial charge >= 0.3 is 0 Å². The largest absolute Gasteiger partial charge is 0.507 e. The number of aromatic hydroxyl groups is 3. The predicted octanol–water partition coefficient (Wildman–Crippen LogP) is 2.57. The van der Waals surface area contributed by atoms with Gasteiger partial charge in [-0.15, -0.1) is 0 Å². The zero-order valence-corrected chi connectivity index (χ0v) is 13.8. The zero-order chi connectivity index (χ0) is 18.7. The Kier molecular flexibility index (Phi) is 4.99. The molecule has 0 unspecified atom stereocenters. The van der Waals surface area contributed by atoms with Gasteiger partial charge in [-0.1, -0.05) is 0 Å². The van der Waals surface area contributed by atoms with Crippen LogP contribution >= 0.6 is 0 Å². The molecule has 0 aromatic heterocycles. The van der Waals surface area contributed by atoms with Crippen LogP contribution in [-0.2, 0) is 0 Å². The van der Waals surface area contributed by atoms with Crippen molar-refractivity contribution in [1.29, 1.82) is 0 Å². The first-order valence-corrected chi connectivity index (χ1v) is 8.07. The maximum atomic E-state index is 12.3. The van der Waals surface area contributed by atoms with Crippen molar-refractivity contribution in [2.75, 3.05) is 13.2 Å². The summed E-state index contributed by atoms with van der Waals surface area (Å²) in [6, 6.07) is 7.19. The predicted molar refractivity (Wildman–Crippen MR) is 92.6 cm³/mol. The number of aliphatic hydroxyl groups excluding tert-OH is 1. The van der Waals surface area contributed by atoms with Gasteiger partial charge in [-0.05, 0) is 43.2 Å². The summed E-state index contributed by atoms with van der Waals surface area (Å²) in [5.74, 6) is -1.17. The van der Waals surface area contributed by atoms with E-state index < -0.39 is 11.5 Å². The van der Waals surface area contributed by atoms with Crippen LogP contribution in [0.5, 0.6) is 28.7 Å². The van der Waals surface area contributed by atoms with Crippen molar-refractivity contribution in [1.82, 2.24) is 0 Å². The summed E-state index contributed by atoms with van der Waals surface area (Å²) in [5, 5.41) is 38.2. The lowest BCUT2D eigenvalue weighted by Gasteiger charge is -2.08. The summed E-state index contributed by atoms with van der Waals surface area (Å²) in [5.41, 5.74) is 0.474. The quantitative estimate of drug-likeness (QED) is 0.356. The number of phenols is 3. The number of hydrogen-bond donors (Lipinski definition) is 4. The van der Waals surface area contributed by atoms with E-state index in [4.69, 9.17) is 14.6 Å². The first-order valence-electron chi connectivity index (χ1n) is 8.07. The Morgan fingerprint density at radius 3 is 2.58 bits per heavy atom. The summed E-state index contributed by atoms with van der Waals surface area (Å²) in [6.07, 6.45) is 2.68. The van der Waals surface area contributed by atoms with Gasteiger partial charge < -0.3 is 29.9 Å². The molecule has 1 aliphatic heterocycles. The number of unbranched alkanes of at least 4 members (excludes halogenated alkanes) is 1. The molecule has 0 amide bonds. The Balaban J connectivity index is 1.78. The molecule has 0 saturated carbocycles. The minimum Gasteiger partial charge on any atom is -0.507 e. The van der Waals surface area contributed by atoms with Crippen LogP contribution in [0.2, 0.25) is 0 Å². The number of fused-ring (bicyclic) bond motifs is 1. The normalized spacial score (nSPS) is 14.3. The van der Waals surface area contributed by atoms with Crippen LogP contribution in [0.25, 0.3) is 6.08 Å². The maximum absolute atomic E-state index is 12.3. The molecule has 26 heavy (non-hydrogen) atoms. The van der Waals surface area contributed by atoms with E-state index in [2.05, 4.69) is 0 Å². The Morgan fingerprint density at radius 1 is 1.04 bits per heavy atom. The van der Waals surface area contributed by atoms with Crippen LogP contribution in [0.3, 0.4) is 0 Å². The molecule has 0 saturated heterocycles. The molecule has 0 spiro atoms. The highest BCUT2D eigenvalue weighted by molar-refractivity contribution is 6.15. The van der Waals surface area contributed by atoms with Gasteiger partial charge in [0.2, 0.25) is 11.5 Å². The smallest absolute Gasteiger partial charge is 0.232 e. The molecule has 3 rings (SSSR count). The van der Waals surface area contributed by atoms with Crippen LogP contribution in [0.15, 0.2) is 36.1 Å². The van der Waals surface area contributed by atoms with Gasteiger partial charge in [-0.2, -0.15) is 0 Å². The fourth-order valence-corrected chi connectivity index (χ4v) is 2.51. The lowest BCUT2D eigenvalue weighted by atomic mass is 10.1. The maximum Gasteiger partial charge on any atom is 0.232 e. The molecule has 2 aromatic carbocycles. The van der Waals surface area contributed by atoms with E-state index in [0.29, 0.717) is 30.8 Å². The van der Waals surface area contributed by atoms with Crippen molar-refractivity contribution in [3.8, 4) is 28.7 Å². The van der Waals surface area contributed by atoms with Crippen molar-refractivity contribution < 1.29 is 34.7 Å². The molecule has 2 aromatic rings. The second-order valence-electron chi connectivity index (χ2n) is 5.75. The Labute approximate surface area is 149 Å². The molecule has 1 heterocycles. The van der Waals surface area contributed by atoms with Crippen LogP contribution < -0.4 is 9.47 Å². The van der Waals surface area contributed by atoms with E-state index in [1.54, 1.807) is 12.1 Å². The van der Waals surface area contributed by atoms with Gasteiger partial charge in [-0.25, -0.2) is 0 Å². The van der Waals surface area contributed by atoms with Crippen molar-refractivity contribution in [3.05, 3.63) is 47.2 Å². The second kappa shape index (κ2) is 7.37. The van der Waals surface area contributed by atoms with Crippen molar-refractivity contribution >= 4 is 11.9 Å². The molecule has 0 bridgehead atoms. The lowest BCUT2D eigenvalue weighted by molar-refractivity contribution is 0.101. The highest BCUT2D eigenvalue weighted by Gasteiger charge is 2.31. The molecule has 0 fully saturated rings. The van der Waals surface area contributed by atoms with Crippen LogP contribution in [-0.4, -0.2) is 39.4 Å². The van der Waals surface area contributed by atoms with E-state index in [1.807, 2.05) is 0 Å². The third-order valence-electron chi connectivity index (χ3n) is 3.90. The van der Waals surface area contributed by atoms with Gasteiger partial charge in [-0.3, -0.25) is 4.79 Å². The van der Waals surface area contributed by atoms with Crippen molar-refractivity contribution in [3.63, 3.8) is 0 Å². The fraction of sp³-hybridized carbons (Fsp3) is 0.211. The summed E-state index contributed by atoms with van der Waals surface area (Å²) in [7, 11) is 0. The Hall–Kier alpha value is -3.19. The highest BCUT2D eigenvalue weighted by atomic mass is 16.5. The first kappa shape index (κ1) is 17.6. The average Bonchev–Trinajstić information content (AvgIpc) is 2.94. The number of rotatable bonds is 6. The van der Waals surface area contributed by atoms with E-state index in [-0.39, 0.29) is 35.2 Å². The van der Waals surface area contributed by atoms with E-state index in [1.165, 1.54) is 24.3 Å². The molecular weight excluding hydrogens is 340 g/mol. The molecule has 0 atom stereocenters. The number of hydrogen-bond acceptors (Lipinski definition) is 7. The van der Waals surface area contributed by atoms with Crippen LogP contribution in [0, 0.1) is 0 Å².